The molecule has 1 heterocycles. The van der Waals surface area contributed by atoms with Gasteiger partial charge in [-0.3, -0.25) is 14.4 Å². The lowest BCUT2D eigenvalue weighted by Gasteiger charge is -2.26. The molecule has 1 atom stereocenters. The number of benzene rings is 3. The average Bonchev–Trinajstić information content (AvgIpc) is 2.79. The number of primary amides is 1. The third-order valence-corrected chi connectivity index (χ3v) is 5.15. The van der Waals surface area contributed by atoms with Gasteiger partial charge < -0.3 is 10.6 Å². The molecular weight excluding hydrogens is 411 g/mol. The predicted octanol–water partition coefficient (Wildman–Crippen LogP) is 2.82. The fourth-order valence-electron chi connectivity index (χ4n) is 3.63. The fraction of sp³-hybridized carbons (Fsp3) is 0.0833. The minimum absolute atomic E-state index is 0.0331. The van der Waals surface area contributed by atoms with Crippen molar-refractivity contribution in [1.82, 2.24) is 14.7 Å². The van der Waals surface area contributed by atoms with Crippen molar-refractivity contribution in [3.63, 3.8) is 0 Å². The smallest absolute Gasteiger partial charge is 0.279 e. The van der Waals surface area contributed by atoms with Gasteiger partial charge in [-0.1, -0.05) is 48.5 Å². The quantitative estimate of drug-likeness (QED) is 0.526. The van der Waals surface area contributed by atoms with Gasteiger partial charge >= 0.3 is 0 Å². The SMILES string of the molecule is CN(C(=O)c1nn(-c2ccccc2)c(=O)c2ccccc12)C(C(N)=O)c1cccc(F)c1. The Morgan fingerprint density at radius 3 is 2.28 bits per heavy atom. The first-order chi connectivity index (χ1) is 15.4. The summed E-state index contributed by atoms with van der Waals surface area (Å²) in [6, 6.07) is 19.4. The normalized spacial score (nSPS) is 11.8. The number of rotatable bonds is 5. The Hall–Kier alpha value is -4.33. The van der Waals surface area contributed by atoms with Gasteiger partial charge in [-0.2, -0.15) is 9.78 Å². The van der Waals surface area contributed by atoms with Crippen molar-refractivity contribution >= 4 is 22.6 Å². The molecule has 2 N–H and O–H groups in total. The van der Waals surface area contributed by atoms with Crippen LogP contribution in [0, 0.1) is 5.82 Å². The third kappa shape index (κ3) is 3.74. The number of aromatic nitrogens is 2. The molecule has 0 saturated heterocycles. The molecule has 0 aliphatic carbocycles. The maximum atomic E-state index is 13.8. The van der Waals surface area contributed by atoms with E-state index in [9.17, 15) is 18.8 Å². The molecule has 0 spiro atoms. The van der Waals surface area contributed by atoms with Gasteiger partial charge in [-0.25, -0.2) is 4.39 Å². The first kappa shape index (κ1) is 20.9. The number of hydrogen-bond donors (Lipinski definition) is 1. The number of fused-ring (bicyclic) bond motifs is 1. The van der Waals surface area contributed by atoms with E-state index in [0.29, 0.717) is 16.5 Å². The molecule has 8 heteroatoms. The molecule has 0 aliphatic rings. The molecule has 4 rings (SSSR count). The van der Waals surface area contributed by atoms with E-state index in [1.165, 1.54) is 25.2 Å². The van der Waals surface area contributed by atoms with E-state index >= 15 is 0 Å². The highest BCUT2D eigenvalue weighted by molar-refractivity contribution is 6.06. The molecule has 2 amide bonds. The van der Waals surface area contributed by atoms with Gasteiger partial charge in [-0.15, -0.1) is 0 Å². The minimum Gasteiger partial charge on any atom is -0.368 e. The van der Waals surface area contributed by atoms with Crippen molar-refractivity contribution in [3.05, 3.63) is 106 Å². The number of para-hydroxylation sites is 1. The summed E-state index contributed by atoms with van der Waals surface area (Å²) in [6.45, 7) is 0. The summed E-state index contributed by atoms with van der Waals surface area (Å²) in [7, 11) is 1.39. The zero-order valence-corrected chi connectivity index (χ0v) is 17.1. The van der Waals surface area contributed by atoms with Gasteiger partial charge in [-0.05, 0) is 35.9 Å². The molecule has 0 saturated carbocycles. The number of carbonyl (C=O) groups excluding carboxylic acids is 2. The maximum Gasteiger partial charge on any atom is 0.279 e. The first-order valence-electron chi connectivity index (χ1n) is 9.78. The lowest BCUT2D eigenvalue weighted by Crippen LogP contribution is -2.40. The van der Waals surface area contributed by atoms with Crippen LogP contribution in [0.15, 0.2) is 83.7 Å². The lowest BCUT2D eigenvalue weighted by molar-refractivity contribution is -0.122. The number of nitrogens with zero attached hydrogens (tertiary/aromatic N) is 3. The van der Waals surface area contributed by atoms with Crippen LogP contribution in [0.2, 0.25) is 0 Å². The zero-order chi connectivity index (χ0) is 22.8. The monoisotopic (exact) mass is 430 g/mol. The van der Waals surface area contributed by atoms with Gasteiger partial charge in [0.1, 0.15) is 11.9 Å². The number of amides is 2. The summed E-state index contributed by atoms with van der Waals surface area (Å²) in [6.07, 6.45) is 0. The van der Waals surface area contributed by atoms with E-state index in [-0.39, 0.29) is 16.8 Å². The average molecular weight is 430 g/mol. The minimum atomic E-state index is -1.23. The lowest BCUT2D eigenvalue weighted by atomic mass is 10.0. The van der Waals surface area contributed by atoms with Crippen LogP contribution >= 0.6 is 0 Å². The van der Waals surface area contributed by atoms with E-state index < -0.39 is 23.7 Å². The first-order valence-corrected chi connectivity index (χ1v) is 9.78. The van der Waals surface area contributed by atoms with Crippen LogP contribution < -0.4 is 11.3 Å². The van der Waals surface area contributed by atoms with Crippen molar-refractivity contribution in [2.24, 2.45) is 5.73 Å². The molecule has 1 aromatic heterocycles. The van der Waals surface area contributed by atoms with E-state index in [4.69, 9.17) is 5.73 Å². The number of carbonyl (C=O) groups is 2. The molecule has 1 unspecified atom stereocenters. The summed E-state index contributed by atoms with van der Waals surface area (Å²) >= 11 is 0. The Morgan fingerprint density at radius 2 is 1.62 bits per heavy atom. The highest BCUT2D eigenvalue weighted by Gasteiger charge is 2.30. The number of likely N-dealkylation sites (N-methyl/N-ethyl adjacent to an activating group) is 1. The van der Waals surface area contributed by atoms with Crippen LogP contribution in [0.25, 0.3) is 16.5 Å². The van der Waals surface area contributed by atoms with Crippen molar-refractivity contribution in [2.45, 2.75) is 6.04 Å². The van der Waals surface area contributed by atoms with Gasteiger partial charge in [0.2, 0.25) is 5.91 Å². The highest BCUT2D eigenvalue weighted by Crippen LogP contribution is 2.24. The molecule has 0 aliphatic heterocycles. The van der Waals surface area contributed by atoms with Crippen LogP contribution in [0.3, 0.4) is 0 Å². The Balaban J connectivity index is 1.88. The van der Waals surface area contributed by atoms with Gasteiger partial charge in [0.25, 0.3) is 11.5 Å². The van der Waals surface area contributed by atoms with Crippen molar-refractivity contribution in [2.75, 3.05) is 7.05 Å². The number of halogens is 1. The van der Waals surface area contributed by atoms with E-state index in [1.807, 2.05) is 0 Å². The standard InChI is InChI=1S/C24H19FN4O3/c1-28(21(22(26)30)15-8-7-9-16(25)14-15)24(32)20-18-12-5-6-13-19(18)23(31)29(27-20)17-10-3-2-4-11-17/h2-14,21H,1H3,(H2,26,30). The number of hydrogen-bond acceptors (Lipinski definition) is 4. The van der Waals surface area contributed by atoms with Crippen LogP contribution in [0.4, 0.5) is 4.39 Å². The second-order valence-electron chi connectivity index (χ2n) is 7.22. The Bertz CT molecular complexity index is 1390. The summed E-state index contributed by atoms with van der Waals surface area (Å²) in [4.78, 5) is 39.9. The van der Waals surface area contributed by atoms with Gasteiger partial charge in [0.15, 0.2) is 5.69 Å². The van der Waals surface area contributed by atoms with Crippen molar-refractivity contribution < 1.29 is 14.0 Å². The molecule has 0 radical (unpaired) electrons. The molecule has 3 aromatic carbocycles. The summed E-state index contributed by atoms with van der Waals surface area (Å²) in [5.74, 6) is -2.03. The molecule has 4 aromatic rings. The van der Waals surface area contributed by atoms with Gasteiger partial charge in [0, 0.05) is 12.4 Å². The van der Waals surface area contributed by atoms with Crippen LogP contribution in [0.5, 0.6) is 0 Å². The molecular formula is C24H19FN4O3. The van der Waals surface area contributed by atoms with Crippen LogP contribution in [-0.4, -0.2) is 33.5 Å². The molecule has 7 nitrogen and oxygen atoms in total. The Kier molecular flexibility index (Phi) is 5.51. The summed E-state index contributed by atoms with van der Waals surface area (Å²) in [5, 5.41) is 4.96. The summed E-state index contributed by atoms with van der Waals surface area (Å²) in [5.41, 5.74) is 5.86. The molecule has 0 fully saturated rings. The van der Waals surface area contributed by atoms with Crippen molar-refractivity contribution in [1.29, 1.82) is 0 Å². The van der Waals surface area contributed by atoms with Crippen LogP contribution in [-0.2, 0) is 4.79 Å². The van der Waals surface area contributed by atoms with E-state index in [0.717, 1.165) is 15.6 Å². The second kappa shape index (κ2) is 8.43. The topological polar surface area (TPSA) is 98.3 Å². The number of nitrogens with two attached hydrogens (primary N) is 1. The van der Waals surface area contributed by atoms with Crippen molar-refractivity contribution in [3.8, 4) is 5.69 Å². The molecule has 32 heavy (non-hydrogen) atoms. The summed E-state index contributed by atoms with van der Waals surface area (Å²) < 4.78 is 14.9. The van der Waals surface area contributed by atoms with Gasteiger partial charge in [0.05, 0.1) is 11.1 Å². The molecule has 160 valence electrons. The van der Waals surface area contributed by atoms with E-state index in [1.54, 1.807) is 54.6 Å². The second-order valence-corrected chi connectivity index (χ2v) is 7.22. The largest absolute Gasteiger partial charge is 0.368 e. The zero-order valence-electron chi connectivity index (χ0n) is 17.1. The Labute approximate surface area is 182 Å². The third-order valence-electron chi connectivity index (χ3n) is 5.15. The van der Waals surface area contributed by atoms with Crippen LogP contribution in [0.1, 0.15) is 22.1 Å². The fourth-order valence-corrected chi connectivity index (χ4v) is 3.63. The predicted molar refractivity (Wildman–Crippen MR) is 118 cm³/mol. The molecule has 0 bridgehead atoms. The van der Waals surface area contributed by atoms with E-state index in [2.05, 4.69) is 5.10 Å². The maximum absolute atomic E-state index is 13.8. The highest BCUT2D eigenvalue weighted by atomic mass is 19.1. The Morgan fingerprint density at radius 1 is 0.969 bits per heavy atom.